The van der Waals surface area contributed by atoms with Gasteiger partial charge in [0, 0.05) is 21.6 Å². The molecule has 1 aliphatic heterocycles. The summed E-state index contributed by atoms with van der Waals surface area (Å²) < 4.78 is 5.61. The molecule has 1 amide bonds. The van der Waals surface area contributed by atoms with Crippen LogP contribution < -0.4 is 0 Å². The fraction of sp³-hybridized carbons (Fsp3) is 0.143. The summed E-state index contributed by atoms with van der Waals surface area (Å²) in [6, 6.07) is 17.2. The highest BCUT2D eigenvalue weighted by Crippen LogP contribution is 2.20. The first-order chi connectivity index (χ1) is 13.0. The van der Waals surface area contributed by atoms with E-state index in [0.29, 0.717) is 5.56 Å². The number of methoxy groups -OCH3 is 1. The van der Waals surface area contributed by atoms with E-state index in [1.54, 1.807) is 19.2 Å². The van der Waals surface area contributed by atoms with Crippen molar-refractivity contribution >= 4 is 44.9 Å². The van der Waals surface area contributed by atoms with Crippen molar-refractivity contribution in [1.29, 1.82) is 0 Å². The van der Waals surface area contributed by atoms with Crippen LogP contribution in [0.25, 0.3) is 10.9 Å². The van der Waals surface area contributed by atoms with Crippen LogP contribution in [0.4, 0.5) is 0 Å². The van der Waals surface area contributed by atoms with Crippen LogP contribution in [0.15, 0.2) is 64.1 Å². The molecule has 0 bridgehead atoms. The number of hydrogen-bond acceptors (Lipinski definition) is 4. The lowest BCUT2D eigenvalue weighted by Crippen LogP contribution is -2.12. The van der Waals surface area contributed by atoms with Gasteiger partial charge in [0.15, 0.2) is 0 Å². The van der Waals surface area contributed by atoms with Gasteiger partial charge in [-0.1, -0.05) is 46.3 Å². The molecule has 1 aromatic heterocycles. The molecule has 5 nitrogen and oxygen atoms in total. The maximum atomic E-state index is 11.4. The Kier molecular flexibility index (Phi) is 5.76. The summed E-state index contributed by atoms with van der Waals surface area (Å²) >= 11 is 3.28. The summed E-state index contributed by atoms with van der Waals surface area (Å²) in [5, 5.41) is 1.07. The van der Waals surface area contributed by atoms with Crippen molar-refractivity contribution in [3.63, 3.8) is 0 Å². The van der Waals surface area contributed by atoms with Crippen molar-refractivity contribution < 1.29 is 14.3 Å². The van der Waals surface area contributed by atoms with Gasteiger partial charge in [0.05, 0.1) is 29.8 Å². The van der Waals surface area contributed by atoms with E-state index in [1.807, 2.05) is 48.5 Å². The smallest absolute Gasteiger partial charge is 0.314 e. The number of fused-ring (bicyclic) bond motifs is 2. The molecule has 0 N–H and O–H groups in total. The second-order valence-electron chi connectivity index (χ2n) is 5.97. The van der Waals surface area contributed by atoms with Crippen LogP contribution in [-0.2, 0) is 9.53 Å². The molecule has 1 aliphatic rings. The zero-order chi connectivity index (χ0) is 19.4. The Hall–Kier alpha value is -2.86. The molecule has 136 valence electrons. The largest absolute Gasteiger partial charge is 0.469 e. The fourth-order valence-electron chi connectivity index (χ4n) is 2.64. The van der Waals surface area contributed by atoms with Crippen LogP contribution in [0.2, 0.25) is 0 Å². The van der Waals surface area contributed by atoms with Gasteiger partial charge in [-0.05, 0) is 31.2 Å². The van der Waals surface area contributed by atoms with Gasteiger partial charge in [-0.2, -0.15) is 0 Å². The number of benzene rings is 2. The second kappa shape index (κ2) is 8.22. The van der Waals surface area contributed by atoms with Crippen molar-refractivity contribution in [2.24, 2.45) is 4.99 Å². The molecule has 0 fully saturated rings. The molecule has 0 saturated carbocycles. The Labute approximate surface area is 165 Å². The van der Waals surface area contributed by atoms with E-state index in [-0.39, 0.29) is 17.8 Å². The van der Waals surface area contributed by atoms with Gasteiger partial charge < -0.3 is 4.74 Å². The van der Waals surface area contributed by atoms with E-state index in [4.69, 9.17) is 4.74 Å². The molecular weight excluding hydrogens is 408 g/mol. The Balaban J connectivity index is 0.000000166. The number of halogens is 1. The van der Waals surface area contributed by atoms with Crippen LogP contribution >= 0.6 is 15.9 Å². The second-order valence-corrected chi connectivity index (χ2v) is 6.88. The SMILES string of the molecule is COC(=O)C(C)c1ccc2ccccc2n1.O=C1N=Cc2ccc(Br)cc21. The summed E-state index contributed by atoms with van der Waals surface area (Å²) in [5.74, 6) is -0.737. The third-order valence-corrected chi connectivity index (χ3v) is 4.68. The first kappa shape index (κ1) is 18.9. The number of aromatic nitrogens is 1. The molecule has 0 aliphatic carbocycles. The number of amides is 1. The van der Waals surface area contributed by atoms with Crippen molar-refractivity contribution in [3.8, 4) is 0 Å². The topological polar surface area (TPSA) is 68.6 Å². The van der Waals surface area contributed by atoms with Gasteiger partial charge >= 0.3 is 5.97 Å². The summed E-state index contributed by atoms with van der Waals surface area (Å²) in [6.45, 7) is 1.79. The van der Waals surface area contributed by atoms with E-state index >= 15 is 0 Å². The highest BCUT2D eigenvalue weighted by Gasteiger charge is 2.17. The first-order valence-corrected chi connectivity index (χ1v) is 9.10. The summed E-state index contributed by atoms with van der Waals surface area (Å²) in [5.41, 5.74) is 3.22. The average Bonchev–Trinajstić information content (AvgIpc) is 3.07. The molecule has 2 heterocycles. The number of carbonyl (C=O) groups is 2. The number of esters is 1. The van der Waals surface area contributed by atoms with Gasteiger partial charge in [-0.15, -0.1) is 0 Å². The maximum Gasteiger partial charge on any atom is 0.314 e. The standard InChI is InChI=1S/C13H13NO2.C8H4BrNO/c1-9(13(15)16-2)11-8-7-10-5-3-4-6-12(10)14-11;9-6-2-1-5-4-10-8(11)7(5)3-6/h3-9H,1-2H3;1-4H. The van der Waals surface area contributed by atoms with Crippen molar-refractivity contribution in [3.05, 3.63) is 75.9 Å². The van der Waals surface area contributed by atoms with Crippen LogP contribution in [-0.4, -0.2) is 30.2 Å². The molecule has 1 unspecified atom stereocenters. The zero-order valence-electron chi connectivity index (χ0n) is 14.8. The molecule has 3 aromatic rings. The van der Waals surface area contributed by atoms with Crippen molar-refractivity contribution in [1.82, 2.24) is 4.98 Å². The molecule has 0 saturated heterocycles. The highest BCUT2D eigenvalue weighted by molar-refractivity contribution is 9.10. The van der Waals surface area contributed by atoms with E-state index in [2.05, 4.69) is 25.9 Å². The molecule has 6 heteroatoms. The molecule has 0 spiro atoms. The number of pyridine rings is 1. The Bertz CT molecular complexity index is 1050. The third-order valence-electron chi connectivity index (χ3n) is 4.18. The third kappa shape index (κ3) is 4.28. The summed E-state index contributed by atoms with van der Waals surface area (Å²) in [7, 11) is 1.39. The average molecular weight is 425 g/mol. The number of rotatable bonds is 2. The monoisotopic (exact) mass is 424 g/mol. The van der Waals surface area contributed by atoms with Crippen molar-refractivity contribution in [2.75, 3.05) is 7.11 Å². The molecule has 2 aromatic carbocycles. The van der Waals surface area contributed by atoms with Gasteiger partial charge in [0.2, 0.25) is 0 Å². The lowest BCUT2D eigenvalue weighted by Gasteiger charge is -2.09. The van der Waals surface area contributed by atoms with E-state index < -0.39 is 0 Å². The number of hydrogen-bond donors (Lipinski definition) is 0. The van der Waals surface area contributed by atoms with Crippen LogP contribution in [0.3, 0.4) is 0 Å². The van der Waals surface area contributed by atoms with Crippen LogP contribution in [0.1, 0.15) is 34.5 Å². The number of carbonyl (C=O) groups excluding carboxylic acids is 2. The number of aliphatic imine (C=N–C) groups is 1. The molecule has 27 heavy (non-hydrogen) atoms. The van der Waals surface area contributed by atoms with Crippen molar-refractivity contribution in [2.45, 2.75) is 12.8 Å². The minimum Gasteiger partial charge on any atom is -0.469 e. The molecular formula is C21H17BrN2O3. The molecule has 4 rings (SSSR count). The van der Waals surface area contributed by atoms with E-state index in [1.165, 1.54) is 7.11 Å². The Morgan fingerprint density at radius 1 is 1.11 bits per heavy atom. The normalized spacial score (nSPS) is 12.9. The minimum atomic E-state index is -0.324. The Morgan fingerprint density at radius 3 is 2.67 bits per heavy atom. The predicted octanol–water partition coefficient (Wildman–Crippen LogP) is 4.53. The minimum absolute atomic E-state index is 0.152. The lowest BCUT2D eigenvalue weighted by atomic mass is 10.1. The zero-order valence-corrected chi connectivity index (χ0v) is 16.4. The van der Waals surface area contributed by atoms with Gasteiger partial charge in [-0.25, -0.2) is 4.99 Å². The first-order valence-electron chi connectivity index (χ1n) is 8.31. The van der Waals surface area contributed by atoms with Gasteiger partial charge in [0.25, 0.3) is 5.91 Å². The maximum absolute atomic E-state index is 11.4. The highest BCUT2D eigenvalue weighted by atomic mass is 79.9. The molecule has 1 atom stereocenters. The summed E-state index contributed by atoms with van der Waals surface area (Å²) in [4.78, 5) is 30.5. The number of para-hydroxylation sites is 1. The lowest BCUT2D eigenvalue weighted by molar-refractivity contribution is -0.142. The number of nitrogens with zero attached hydrogens (tertiary/aromatic N) is 2. The quantitative estimate of drug-likeness (QED) is 0.566. The van der Waals surface area contributed by atoms with Crippen LogP contribution in [0, 0.1) is 0 Å². The molecule has 0 radical (unpaired) electrons. The van der Waals surface area contributed by atoms with E-state index in [9.17, 15) is 9.59 Å². The fourth-order valence-corrected chi connectivity index (χ4v) is 3.01. The summed E-state index contributed by atoms with van der Waals surface area (Å²) in [6.07, 6.45) is 1.59. The predicted molar refractivity (Wildman–Crippen MR) is 108 cm³/mol. The Morgan fingerprint density at radius 2 is 1.89 bits per heavy atom. The van der Waals surface area contributed by atoms with Gasteiger partial charge in [-0.3, -0.25) is 14.6 Å². The van der Waals surface area contributed by atoms with Gasteiger partial charge in [0.1, 0.15) is 0 Å². The number of ether oxygens (including phenoxy) is 1. The van der Waals surface area contributed by atoms with E-state index in [0.717, 1.165) is 26.6 Å². The van der Waals surface area contributed by atoms with Crippen LogP contribution in [0.5, 0.6) is 0 Å².